The summed E-state index contributed by atoms with van der Waals surface area (Å²) in [5, 5.41) is 0. The molecular weight excluding hydrogens is 299 g/mol. The van der Waals surface area contributed by atoms with Crippen molar-refractivity contribution in [1.82, 2.24) is 14.9 Å². The van der Waals surface area contributed by atoms with E-state index < -0.39 is 0 Å². The summed E-state index contributed by atoms with van der Waals surface area (Å²) >= 11 is 0. The molecule has 0 atom stereocenters. The number of hydrogen-bond acceptors (Lipinski definition) is 6. The molecule has 1 saturated carbocycles. The van der Waals surface area contributed by atoms with Crippen LogP contribution in [-0.4, -0.2) is 61.4 Å². The molecule has 7 heteroatoms. The number of nitrogen functional groups attached to an aromatic ring is 1. The molecule has 2 heterocycles. The number of rotatable bonds is 5. The molecule has 0 radical (unpaired) electrons. The van der Waals surface area contributed by atoms with Crippen molar-refractivity contribution in [3.63, 3.8) is 0 Å². The van der Waals surface area contributed by atoms with Gasteiger partial charge in [0, 0.05) is 32.2 Å². The van der Waals surface area contributed by atoms with Crippen LogP contribution in [0.3, 0.4) is 0 Å². The summed E-state index contributed by atoms with van der Waals surface area (Å²) in [6, 6.07) is 0. The molecule has 1 spiro atoms. The SMILES string of the molecule is COCCN1CCOCC2(CC(Cc3nc(N)ncc3F)C2)C1. The van der Waals surface area contributed by atoms with Crippen molar-refractivity contribution in [2.75, 3.05) is 52.3 Å². The summed E-state index contributed by atoms with van der Waals surface area (Å²) in [5.41, 5.74) is 6.19. The molecule has 0 bridgehead atoms. The zero-order valence-corrected chi connectivity index (χ0v) is 13.6. The Labute approximate surface area is 136 Å². The molecule has 1 aromatic heterocycles. The second kappa shape index (κ2) is 7.07. The minimum absolute atomic E-state index is 0.138. The number of ether oxygens (including phenoxy) is 2. The van der Waals surface area contributed by atoms with E-state index in [0.717, 1.165) is 58.5 Å². The number of halogens is 1. The van der Waals surface area contributed by atoms with Gasteiger partial charge in [0.2, 0.25) is 5.95 Å². The van der Waals surface area contributed by atoms with E-state index in [1.165, 1.54) is 0 Å². The van der Waals surface area contributed by atoms with E-state index in [9.17, 15) is 4.39 Å². The third kappa shape index (κ3) is 3.97. The Morgan fingerprint density at radius 1 is 1.52 bits per heavy atom. The Morgan fingerprint density at radius 3 is 3.13 bits per heavy atom. The maximum Gasteiger partial charge on any atom is 0.220 e. The van der Waals surface area contributed by atoms with Gasteiger partial charge in [0.1, 0.15) is 0 Å². The van der Waals surface area contributed by atoms with Crippen molar-refractivity contribution in [2.45, 2.75) is 19.3 Å². The van der Waals surface area contributed by atoms with E-state index in [4.69, 9.17) is 15.2 Å². The van der Waals surface area contributed by atoms with Gasteiger partial charge in [0.25, 0.3) is 0 Å². The van der Waals surface area contributed by atoms with Gasteiger partial charge in [0.15, 0.2) is 5.82 Å². The molecule has 1 aliphatic heterocycles. The first-order valence-electron chi connectivity index (χ1n) is 8.16. The highest BCUT2D eigenvalue weighted by Gasteiger charge is 2.46. The largest absolute Gasteiger partial charge is 0.383 e. The molecule has 3 rings (SSSR count). The highest BCUT2D eigenvalue weighted by Crippen LogP contribution is 2.48. The molecule has 2 N–H and O–H groups in total. The van der Waals surface area contributed by atoms with Gasteiger partial charge < -0.3 is 15.2 Å². The normalized spacial score (nSPS) is 28.5. The van der Waals surface area contributed by atoms with Crippen LogP contribution in [0, 0.1) is 17.2 Å². The Morgan fingerprint density at radius 2 is 2.35 bits per heavy atom. The Hall–Kier alpha value is -1.31. The predicted molar refractivity (Wildman–Crippen MR) is 84.4 cm³/mol. The minimum Gasteiger partial charge on any atom is -0.383 e. The van der Waals surface area contributed by atoms with E-state index in [2.05, 4.69) is 14.9 Å². The van der Waals surface area contributed by atoms with Crippen molar-refractivity contribution < 1.29 is 13.9 Å². The highest BCUT2D eigenvalue weighted by atomic mass is 19.1. The smallest absolute Gasteiger partial charge is 0.220 e. The standard InChI is InChI=1S/C16H25FN4O2/c1-22-4-2-21-3-5-23-11-16(10-21)7-12(8-16)6-14-13(17)9-19-15(18)20-14/h9,12H,2-8,10-11H2,1H3,(H2,18,19,20). The number of nitrogens with zero attached hydrogens (tertiary/aromatic N) is 3. The molecular formula is C16H25FN4O2. The lowest BCUT2D eigenvalue weighted by atomic mass is 9.61. The summed E-state index contributed by atoms with van der Waals surface area (Å²) in [7, 11) is 1.73. The van der Waals surface area contributed by atoms with Crippen LogP contribution in [0.15, 0.2) is 6.20 Å². The molecule has 2 aliphatic rings. The summed E-state index contributed by atoms with van der Waals surface area (Å²) in [6.07, 6.45) is 3.87. The van der Waals surface area contributed by atoms with Crippen molar-refractivity contribution in [3.05, 3.63) is 17.7 Å². The number of hydrogen-bond donors (Lipinski definition) is 1. The van der Waals surface area contributed by atoms with Gasteiger partial charge in [-0.3, -0.25) is 4.90 Å². The fourth-order valence-electron chi connectivity index (χ4n) is 3.88. The van der Waals surface area contributed by atoms with Crippen molar-refractivity contribution in [1.29, 1.82) is 0 Å². The summed E-state index contributed by atoms with van der Waals surface area (Å²) in [4.78, 5) is 10.1. The molecule has 23 heavy (non-hydrogen) atoms. The van der Waals surface area contributed by atoms with Crippen LogP contribution >= 0.6 is 0 Å². The first-order chi connectivity index (χ1) is 11.1. The van der Waals surface area contributed by atoms with Gasteiger partial charge in [-0.1, -0.05) is 0 Å². The first-order valence-corrected chi connectivity index (χ1v) is 8.16. The third-order valence-electron chi connectivity index (χ3n) is 4.89. The van der Waals surface area contributed by atoms with Gasteiger partial charge in [-0.15, -0.1) is 0 Å². The van der Waals surface area contributed by atoms with Crippen LogP contribution in [0.25, 0.3) is 0 Å². The minimum atomic E-state index is -0.362. The van der Waals surface area contributed by atoms with Crippen LogP contribution in [0.4, 0.5) is 10.3 Å². The number of nitrogens with two attached hydrogens (primary N) is 1. The topological polar surface area (TPSA) is 73.5 Å². The van der Waals surface area contributed by atoms with Gasteiger partial charge in [0.05, 0.1) is 31.7 Å². The second-order valence-corrected chi connectivity index (χ2v) is 6.82. The van der Waals surface area contributed by atoms with Gasteiger partial charge in [-0.25, -0.2) is 14.4 Å². The molecule has 2 fully saturated rings. The van der Waals surface area contributed by atoms with Gasteiger partial charge in [-0.2, -0.15) is 0 Å². The summed E-state index contributed by atoms with van der Waals surface area (Å²) in [6.45, 7) is 5.22. The lowest BCUT2D eigenvalue weighted by Crippen LogP contribution is -2.49. The summed E-state index contributed by atoms with van der Waals surface area (Å²) < 4.78 is 24.7. The van der Waals surface area contributed by atoms with Crippen molar-refractivity contribution in [2.24, 2.45) is 11.3 Å². The van der Waals surface area contributed by atoms with E-state index in [-0.39, 0.29) is 17.2 Å². The molecule has 6 nitrogen and oxygen atoms in total. The number of aromatic nitrogens is 2. The molecule has 1 aliphatic carbocycles. The lowest BCUT2D eigenvalue weighted by Gasteiger charge is -2.48. The fourth-order valence-corrected chi connectivity index (χ4v) is 3.88. The Kier molecular flexibility index (Phi) is 5.08. The molecule has 0 unspecified atom stereocenters. The third-order valence-corrected chi connectivity index (χ3v) is 4.89. The molecule has 1 saturated heterocycles. The molecule has 0 aromatic carbocycles. The number of methoxy groups -OCH3 is 1. The van der Waals surface area contributed by atoms with E-state index in [1.54, 1.807) is 7.11 Å². The molecule has 1 aromatic rings. The zero-order chi connectivity index (χ0) is 16.3. The predicted octanol–water partition coefficient (Wildman–Crippen LogP) is 1.12. The van der Waals surface area contributed by atoms with E-state index >= 15 is 0 Å². The quantitative estimate of drug-likeness (QED) is 0.875. The average Bonchev–Trinajstić information content (AvgIpc) is 2.71. The lowest BCUT2D eigenvalue weighted by molar-refractivity contribution is -0.0312. The molecule has 0 amide bonds. The van der Waals surface area contributed by atoms with Crippen molar-refractivity contribution >= 4 is 5.95 Å². The van der Waals surface area contributed by atoms with Crippen LogP contribution in [0.5, 0.6) is 0 Å². The van der Waals surface area contributed by atoms with Gasteiger partial charge in [-0.05, 0) is 25.2 Å². The van der Waals surface area contributed by atoms with E-state index in [0.29, 0.717) is 18.0 Å². The monoisotopic (exact) mass is 324 g/mol. The molecule has 128 valence electrons. The number of anilines is 1. The van der Waals surface area contributed by atoms with Crippen LogP contribution in [0.2, 0.25) is 0 Å². The average molecular weight is 324 g/mol. The van der Waals surface area contributed by atoms with Crippen LogP contribution < -0.4 is 5.73 Å². The maximum atomic E-state index is 13.8. The fraction of sp³-hybridized carbons (Fsp3) is 0.750. The maximum absolute atomic E-state index is 13.8. The summed E-state index contributed by atoms with van der Waals surface area (Å²) in [5.74, 6) is 0.211. The first kappa shape index (κ1) is 16.5. The zero-order valence-electron chi connectivity index (χ0n) is 13.6. The second-order valence-electron chi connectivity index (χ2n) is 6.82. The van der Waals surface area contributed by atoms with Crippen molar-refractivity contribution in [3.8, 4) is 0 Å². The van der Waals surface area contributed by atoms with Gasteiger partial charge >= 0.3 is 0 Å². The van der Waals surface area contributed by atoms with Crippen LogP contribution in [-0.2, 0) is 15.9 Å². The van der Waals surface area contributed by atoms with E-state index in [1.807, 2.05) is 0 Å². The highest BCUT2D eigenvalue weighted by molar-refractivity contribution is 5.19. The Bertz CT molecular complexity index is 537. The van der Waals surface area contributed by atoms with Crippen LogP contribution in [0.1, 0.15) is 18.5 Å². The Balaban J connectivity index is 1.56.